The number of benzene rings is 1. The number of hydrogen-bond donors (Lipinski definition) is 2. The first-order valence-electron chi connectivity index (χ1n) is 23.6. The summed E-state index contributed by atoms with van der Waals surface area (Å²) in [6, 6.07) is 7.85. The molecular formula is C52H97N5O9S2. The molecule has 1 rings (SSSR count). The second-order valence-electron chi connectivity index (χ2n) is 16.7. The molecule has 0 aliphatic carbocycles. The van der Waals surface area contributed by atoms with Crippen LogP contribution >= 0.6 is 21.6 Å². The lowest BCUT2D eigenvalue weighted by molar-refractivity contribution is -0.124. The number of unbranched alkanes of at least 4 members (excludes halogenated alkanes) is 2. The summed E-state index contributed by atoms with van der Waals surface area (Å²) in [5, 5.41) is 10.3. The van der Waals surface area contributed by atoms with Gasteiger partial charge in [0, 0.05) is 80.4 Å². The summed E-state index contributed by atoms with van der Waals surface area (Å²) in [6.07, 6.45) is 14.8. The maximum atomic E-state index is 12.4. The second kappa shape index (κ2) is 52.1. The van der Waals surface area contributed by atoms with Crippen LogP contribution in [0.1, 0.15) is 152 Å². The van der Waals surface area contributed by atoms with Gasteiger partial charge in [-0.05, 0) is 74.6 Å². The van der Waals surface area contributed by atoms with E-state index in [9.17, 15) is 14.4 Å². The smallest absolute Gasteiger partial charge is 0.170 e. The van der Waals surface area contributed by atoms with Crippen LogP contribution in [-0.2, 0) is 33.3 Å². The maximum absolute atomic E-state index is 12.4. The first-order chi connectivity index (χ1) is 31.3. The van der Waals surface area contributed by atoms with Gasteiger partial charge in [-0.15, -0.1) is 0 Å². The predicted molar refractivity (Wildman–Crippen MR) is 289 cm³/mol. The van der Waals surface area contributed by atoms with Gasteiger partial charge in [0.2, 0.25) is 0 Å². The lowest BCUT2D eigenvalue weighted by Crippen LogP contribution is -2.24. The summed E-state index contributed by atoms with van der Waals surface area (Å²) in [4.78, 5) is 39.0. The zero-order chi connectivity index (χ0) is 48.2. The molecular weight excluding hydrogens is 903 g/mol. The van der Waals surface area contributed by atoms with Crippen molar-refractivity contribution < 1.29 is 42.8 Å². The number of ketones is 3. The first kappa shape index (κ1) is 71.8. The van der Waals surface area contributed by atoms with E-state index in [-0.39, 0.29) is 60.3 Å². The molecule has 0 aliphatic heterocycles. The second-order valence-corrected chi connectivity index (χ2v) is 19.3. The van der Waals surface area contributed by atoms with Gasteiger partial charge in [-0.2, -0.15) is 0 Å². The van der Waals surface area contributed by atoms with Gasteiger partial charge in [0.15, 0.2) is 17.8 Å². The van der Waals surface area contributed by atoms with Crippen LogP contribution in [0, 0.1) is 11.8 Å². The number of Topliss-reactive ketones (excluding diaryl/α,β-unsaturated/α-hetero) is 3. The van der Waals surface area contributed by atoms with E-state index in [1.807, 2.05) is 16.9 Å². The monoisotopic (exact) mass is 1000 g/mol. The molecule has 396 valence electrons. The van der Waals surface area contributed by atoms with E-state index in [1.165, 1.54) is 0 Å². The number of allylic oxidation sites excluding steroid dienone is 2. The summed E-state index contributed by atoms with van der Waals surface area (Å²) in [5.74, 6) is 3.79. The third-order valence-corrected chi connectivity index (χ3v) is 10.9. The zero-order valence-corrected chi connectivity index (χ0v) is 42.7. The Kier molecular flexibility index (Phi) is 55.0. The highest BCUT2D eigenvalue weighted by Gasteiger charge is 2.11. The van der Waals surface area contributed by atoms with Crippen LogP contribution < -0.4 is 15.4 Å². The normalized spacial score (nSPS) is 11.5. The van der Waals surface area contributed by atoms with Gasteiger partial charge in [0.25, 0.3) is 0 Å². The maximum Gasteiger partial charge on any atom is 0.170 e. The molecule has 0 aromatic heterocycles. The SMILES string of the molecule is C.C.C.CC(C)/C=C/COCCCC(=O)COCCOC(COc1cccc(C(=O)CCCNC(C)C)c1)N=[N+]=[N-].CC(C)/C=C/COCCCCC(=O)CCCCOCSSCCNC(C)C. The molecule has 14 nitrogen and oxygen atoms in total. The average molecular weight is 1000 g/mol. The Morgan fingerprint density at radius 1 is 0.676 bits per heavy atom. The highest BCUT2D eigenvalue weighted by Crippen LogP contribution is 2.20. The Hall–Kier alpha value is -2.76. The van der Waals surface area contributed by atoms with Crippen molar-refractivity contribution in [2.45, 2.75) is 160 Å². The van der Waals surface area contributed by atoms with Crippen LogP contribution in [0.25, 0.3) is 10.4 Å². The molecule has 0 amide bonds. The molecule has 0 saturated carbocycles. The Labute approximate surface area is 422 Å². The number of carbonyl (C=O) groups excluding carboxylic acids is 3. The molecule has 1 unspecified atom stereocenters. The van der Waals surface area contributed by atoms with E-state index in [2.05, 4.69) is 94.3 Å². The fourth-order valence-corrected chi connectivity index (χ4v) is 7.05. The number of nitrogens with one attached hydrogen (secondary N) is 2. The van der Waals surface area contributed by atoms with Crippen molar-refractivity contribution in [2.75, 3.05) is 84.2 Å². The van der Waals surface area contributed by atoms with Gasteiger partial charge in [-0.3, -0.25) is 14.4 Å². The molecule has 0 aliphatic rings. The number of rotatable bonds is 43. The molecule has 0 bridgehead atoms. The molecule has 1 atom stereocenters. The molecule has 1 aromatic carbocycles. The Bertz CT molecular complexity index is 1440. The molecule has 0 heterocycles. The summed E-state index contributed by atoms with van der Waals surface area (Å²) >= 11 is 0. The Morgan fingerprint density at radius 3 is 1.87 bits per heavy atom. The van der Waals surface area contributed by atoms with Crippen LogP contribution in [0.2, 0.25) is 0 Å². The number of carbonyl (C=O) groups is 3. The minimum Gasteiger partial charge on any atom is -0.491 e. The molecule has 16 heteroatoms. The number of nitrogens with zero attached hydrogens (tertiary/aromatic N) is 3. The lowest BCUT2D eigenvalue weighted by atomic mass is 10.1. The summed E-state index contributed by atoms with van der Waals surface area (Å²) < 4.78 is 33.1. The zero-order valence-electron chi connectivity index (χ0n) is 41.1. The highest BCUT2D eigenvalue weighted by atomic mass is 33.1. The third kappa shape index (κ3) is 51.1. The van der Waals surface area contributed by atoms with E-state index >= 15 is 0 Å². The van der Waals surface area contributed by atoms with Gasteiger partial charge in [0.1, 0.15) is 30.7 Å². The predicted octanol–water partition coefficient (Wildman–Crippen LogP) is 12.7. The fraction of sp³-hybridized carbons (Fsp3) is 0.750. The van der Waals surface area contributed by atoms with Gasteiger partial charge in [0.05, 0.1) is 26.4 Å². The lowest BCUT2D eigenvalue weighted by Gasteiger charge is -2.14. The van der Waals surface area contributed by atoms with Gasteiger partial charge < -0.3 is 39.1 Å². The van der Waals surface area contributed by atoms with E-state index in [4.69, 9.17) is 34.0 Å². The van der Waals surface area contributed by atoms with E-state index < -0.39 is 6.23 Å². The van der Waals surface area contributed by atoms with Crippen LogP contribution in [0.3, 0.4) is 0 Å². The topological polar surface area (TPSA) is 179 Å². The van der Waals surface area contributed by atoms with Crippen LogP contribution in [0.4, 0.5) is 0 Å². The van der Waals surface area contributed by atoms with Gasteiger partial charge in [-0.25, -0.2) is 0 Å². The summed E-state index contributed by atoms with van der Waals surface area (Å²) in [5.41, 5.74) is 9.39. The minimum atomic E-state index is -0.873. The quantitative estimate of drug-likeness (QED) is 0.00923. The third-order valence-electron chi connectivity index (χ3n) is 8.82. The molecule has 2 N–H and O–H groups in total. The summed E-state index contributed by atoms with van der Waals surface area (Å²) in [6.45, 7) is 22.3. The van der Waals surface area contributed by atoms with Crippen molar-refractivity contribution in [1.82, 2.24) is 10.6 Å². The van der Waals surface area contributed by atoms with Crippen molar-refractivity contribution in [3.63, 3.8) is 0 Å². The molecule has 0 spiro atoms. The van der Waals surface area contributed by atoms with Crippen molar-refractivity contribution in [2.24, 2.45) is 17.0 Å². The van der Waals surface area contributed by atoms with Crippen molar-refractivity contribution >= 4 is 38.9 Å². The fourth-order valence-electron chi connectivity index (χ4n) is 5.47. The Balaban J connectivity index is -0.000000608. The average Bonchev–Trinajstić information content (AvgIpc) is 3.26. The number of ether oxygens (including phenoxy) is 6. The minimum absolute atomic E-state index is 0. The van der Waals surface area contributed by atoms with Crippen LogP contribution in [0.5, 0.6) is 5.75 Å². The number of azide groups is 1. The first-order valence-corrected chi connectivity index (χ1v) is 26.1. The molecule has 1 aromatic rings. The van der Waals surface area contributed by atoms with Crippen molar-refractivity contribution in [1.29, 1.82) is 0 Å². The Morgan fingerprint density at radius 2 is 1.26 bits per heavy atom. The number of hydrogen-bond acceptors (Lipinski definition) is 14. The molecule has 0 saturated heterocycles. The van der Waals surface area contributed by atoms with Crippen molar-refractivity contribution in [3.05, 3.63) is 64.6 Å². The van der Waals surface area contributed by atoms with E-state index in [0.29, 0.717) is 92.9 Å². The van der Waals surface area contributed by atoms with Gasteiger partial charge >= 0.3 is 0 Å². The van der Waals surface area contributed by atoms with Gasteiger partial charge in [-0.1, -0.05) is 141 Å². The standard InChI is InChI=1S/C28H44N4O6.C21H41NO3S2.3CH4/c1-22(2)9-7-15-35-16-8-11-25(33)20-36-17-18-37-28(31-32-29)21-38-26-12-5-10-24(19-26)27(34)13-6-14-30-23(3)4;1-19(2)10-9-16-24-14-7-5-11-21(23)12-6-8-15-25-18-27-26-17-13-22-20(3)4;;;/h5,7,9-10,12,19,22-23,28,30H,6,8,11,13-18,20-21H2,1-4H3;9-10,19-20,22H,5-8,11-18H2,1-4H3;3*1H4/b9-7+;10-9+;;;. The molecule has 0 fully saturated rings. The van der Waals surface area contributed by atoms with E-state index in [0.717, 1.165) is 70.1 Å². The highest BCUT2D eigenvalue weighted by molar-refractivity contribution is 8.76. The summed E-state index contributed by atoms with van der Waals surface area (Å²) in [7, 11) is 3.61. The van der Waals surface area contributed by atoms with Crippen LogP contribution in [0.15, 0.2) is 53.7 Å². The molecule has 0 radical (unpaired) electrons. The largest absolute Gasteiger partial charge is 0.491 e. The van der Waals surface area contributed by atoms with E-state index in [1.54, 1.807) is 35.1 Å². The van der Waals surface area contributed by atoms with Crippen molar-refractivity contribution in [3.8, 4) is 5.75 Å². The van der Waals surface area contributed by atoms with Crippen LogP contribution in [-0.4, -0.2) is 120 Å². The molecule has 68 heavy (non-hydrogen) atoms.